The van der Waals surface area contributed by atoms with Crippen molar-refractivity contribution >= 4 is 29.0 Å². The fourth-order valence-electron chi connectivity index (χ4n) is 2.80. The van der Waals surface area contributed by atoms with Gasteiger partial charge >= 0.3 is 0 Å². The Balaban J connectivity index is 1.93. The van der Waals surface area contributed by atoms with Crippen LogP contribution in [0.2, 0.25) is 10.0 Å². The first-order valence-electron chi connectivity index (χ1n) is 8.69. The van der Waals surface area contributed by atoms with E-state index in [0.29, 0.717) is 22.9 Å². The monoisotopic (exact) mass is 420 g/mol. The molecule has 3 aromatic rings. The lowest BCUT2D eigenvalue weighted by Crippen LogP contribution is -2.08. The van der Waals surface area contributed by atoms with Crippen LogP contribution in [-0.2, 0) is 0 Å². The summed E-state index contributed by atoms with van der Waals surface area (Å²) >= 11 is 12.3. The van der Waals surface area contributed by atoms with E-state index in [1.807, 2.05) is 31.2 Å². The Kier molecular flexibility index (Phi) is 6.27. The third kappa shape index (κ3) is 4.32. The molecule has 146 valence electrons. The van der Waals surface area contributed by atoms with Gasteiger partial charge in [0.05, 0.1) is 11.6 Å². The number of rotatable bonds is 6. The molecule has 0 aliphatic heterocycles. The largest absolute Gasteiger partial charge is 0.494 e. The maximum absolute atomic E-state index is 13.8. The second-order valence-electron chi connectivity index (χ2n) is 6.09. The Hall–Kier alpha value is -2.50. The van der Waals surface area contributed by atoms with Gasteiger partial charge in [-0.1, -0.05) is 35.3 Å². The molecule has 7 heteroatoms. The summed E-state index contributed by atoms with van der Waals surface area (Å²) in [4.78, 5) is 4.21. The standard InChI is InChI=1S/C21H19Cl2FN2O2/c1-3-27-15-6-4-5-13(9-15)14-10-18(21(25)26-11-14)28-12(2)19-16(22)7-8-17(24)20(19)23/h4-12H,3H2,1-2H3,(H2,25,26). The first-order chi connectivity index (χ1) is 13.4. The minimum Gasteiger partial charge on any atom is -0.494 e. The third-order valence-electron chi connectivity index (χ3n) is 4.15. The van der Waals surface area contributed by atoms with Gasteiger partial charge in [0.2, 0.25) is 0 Å². The van der Waals surface area contributed by atoms with Crippen molar-refractivity contribution in [2.75, 3.05) is 12.3 Å². The lowest BCUT2D eigenvalue weighted by molar-refractivity contribution is 0.227. The Morgan fingerprint density at radius 1 is 1.14 bits per heavy atom. The number of hydrogen-bond acceptors (Lipinski definition) is 4. The molecule has 1 atom stereocenters. The maximum Gasteiger partial charge on any atom is 0.166 e. The summed E-state index contributed by atoms with van der Waals surface area (Å²) in [5, 5.41) is 0.234. The van der Waals surface area contributed by atoms with Crippen molar-refractivity contribution in [3.05, 3.63) is 70.1 Å². The molecule has 0 aliphatic rings. The Labute approximate surface area is 173 Å². The number of nitrogens with zero attached hydrogens (tertiary/aromatic N) is 1. The number of halogens is 3. The number of aromatic nitrogens is 1. The molecule has 0 amide bonds. The van der Waals surface area contributed by atoms with Crippen LogP contribution >= 0.6 is 23.2 Å². The fourth-order valence-corrected chi connectivity index (χ4v) is 3.48. The Morgan fingerprint density at radius 3 is 2.68 bits per heavy atom. The summed E-state index contributed by atoms with van der Waals surface area (Å²) in [5.74, 6) is 0.749. The predicted octanol–water partition coefficient (Wildman–Crippen LogP) is 6.32. The smallest absolute Gasteiger partial charge is 0.166 e. The van der Waals surface area contributed by atoms with Crippen molar-refractivity contribution in [2.24, 2.45) is 0 Å². The summed E-state index contributed by atoms with van der Waals surface area (Å²) in [6.07, 6.45) is 1.02. The van der Waals surface area contributed by atoms with E-state index in [0.717, 1.165) is 16.9 Å². The third-order valence-corrected chi connectivity index (χ3v) is 4.86. The molecule has 1 heterocycles. The van der Waals surface area contributed by atoms with Crippen LogP contribution in [0.4, 0.5) is 10.2 Å². The number of benzene rings is 2. The van der Waals surface area contributed by atoms with Gasteiger partial charge in [-0.2, -0.15) is 0 Å². The number of pyridine rings is 1. The van der Waals surface area contributed by atoms with Crippen molar-refractivity contribution in [1.82, 2.24) is 4.98 Å². The number of ether oxygens (including phenoxy) is 2. The summed E-state index contributed by atoms with van der Waals surface area (Å²) in [6.45, 7) is 4.21. The molecule has 0 saturated heterocycles. The molecule has 3 rings (SSSR count). The Bertz CT molecular complexity index is 998. The molecular weight excluding hydrogens is 402 g/mol. The molecule has 2 aromatic carbocycles. The number of nitrogen functional groups attached to an aromatic ring is 1. The SMILES string of the molecule is CCOc1cccc(-c2cnc(N)c(OC(C)c3c(Cl)ccc(F)c3Cl)c2)c1. The molecular formula is C21H19Cl2FN2O2. The van der Waals surface area contributed by atoms with Crippen molar-refractivity contribution in [1.29, 1.82) is 0 Å². The molecule has 0 bridgehead atoms. The van der Waals surface area contributed by atoms with Gasteiger partial charge in [0.25, 0.3) is 0 Å². The van der Waals surface area contributed by atoms with Gasteiger partial charge in [0.15, 0.2) is 11.6 Å². The van der Waals surface area contributed by atoms with Crippen molar-refractivity contribution in [3.63, 3.8) is 0 Å². The second kappa shape index (κ2) is 8.67. The van der Waals surface area contributed by atoms with E-state index >= 15 is 0 Å². The molecule has 1 aromatic heterocycles. The molecule has 2 N–H and O–H groups in total. The second-order valence-corrected chi connectivity index (χ2v) is 6.87. The van der Waals surface area contributed by atoms with Crippen LogP contribution in [0, 0.1) is 5.82 Å². The summed E-state index contributed by atoms with van der Waals surface area (Å²) in [6, 6.07) is 12.0. The number of nitrogens with two attached hydrogens (primary N) is 1. The van der Waals surface area contributed by atoms with E-state index < -0.39 is 11.9 Å². The molecule has 0 radical (unpaired) electrons. The highest BCUT2D eigenvalue weighted by atomic mass is 35.5. The van der Waals surface area contributed by atoms with Crippen LogP contribution in [0.15, 0.2) is 48.7 Å². The summed E-state index contributed by atoms with van der Waals surface area (Å²) < 4.78 is 25.3. The van der Waals surface area contributed by atoms with Crippen molar-refractivity contribution < 1.29 is 13.9 Å². The van der Waals surface area contributed by atoms with Gasteiger partial charge in [-0.05, 0) is 49.7 Å². The average molecular weight is 421 g/mol. The molecule has 0 fully saturated rings. The van der Waals surface area contributed by atoms with E-state index in [4.69, 9.17) is 38.4 Å². The normalized spacial score (nSPS) is 11.9. The van der Waals surface area contributed by atoms with Crippen LogP contribution in [-0.4, -0.2) is 11.6 Å². The van der Waals surface area contributed by atoms with E-state index in [1.165, 1.54) is 12.1 Å². The average Bonchev–Trinajstić information content (AvgIpc) is 2.67. The molecule has 0 saturated carbocycles. The van der Waals surface area contributed by atoms with Gasteiger partial charge in [0.1, 0.15) is 17.7 Å². The zero-order chi connectivity index (χ0) is 20.3. The number of anilines is 1. The van der Waals surface area contributed by atoms with Crippen LogP contribution < -0.4 is 15.2 Å². The highest BCUT2D eigenvalue weighted by molar-refractivity contribution is 6.36. The minimum absolute atomic E-state index is 0.0768. The van der Waals surface area contributed by atoms with E-state index in [2.05, 4.69) is 4.98 Å². The predicted molar refractivity (Wildman–Crippen MR) is 111 cm³/mol. The molecule has 4 nitrogen and oxygen atoms in total. The van der Waals surface area contributed by atoms with Crippen LogP contribution in [0.3, 0.4) is 0 Å². The lowest BCUT2D eigenvalue weighted by Gasteiger charge is -2.19. The molecule has 0 spiro atoms. The number of hydrogen-bond donors (Lipinski definition) is 1. The first kappa shape index (κ1) is 20.2. The topological polar surface area (TPSA) is 57.4 Å². The van der Waals surface area contributed by atoms with Gasteiger partial charge in [-0.3, -0.25) is 0 Å². The minimum atomic E-state index is -0.634. The van der Waals surface area contributed by atoms with E-state index in [9.17, 15) is 4.39 Å². The van der Waals surface area contributed by atoms with E-state index in [1.54, 1.807) is 19.2 Å². The zero-order valence-electron chi connectivity index (χ0n) is 15.4. The quantitative estimate of drug-likeness (QED) is 0.474. The van der Waals surface area contributed by atoms with Gasteiger partial charge < -0.3 is 15.2 Å². The van der Waals surface area contributed by atoms with Crippen LogP contribution in [0.1, 0.15) is 25.5 Å². The molecule has 0 aliphatic carbocycles. The fraction of sp³-hybridized carbons (Fsp3) is 0.190. The maximum atomic E-state index is 13.8. The van der Waals surface area contributed by atoms with Crippen LogP contribution in [0.5, 0.6) is 11.5 Å². The highest BCUT2D eigenvalue weighted by Gasteiger charge is 2.20. The van der Waals surface area contributed by atoms with E-state index in [-0.39, 0.29) is 10.8 Å². The van der Waals surface area contributed by atoms with Gasteiger partial charge in [0, 0.05) is 22.3 Å². The summed E-state index contributed by atoms with van der Waals surface area (Å²) in [7, 11) is 0. The Morgan fingerprint density at radius 2 is 1.93 bits per heavy atom. The van der Waals surface area contributed by atoms with Crippen molar-refractivity contribution in [3.8, 4) is 22.6 Å². The molecule has 28 heavy (non-hydrogen) atoms. The molecule has 1 unspecified atom stereocenters. The highest BCUT2D eigenvalue weighted by Crippen LogP contribution is 2.37. The zero-order valence-corrected chi connectivity index (χ0v) is 16.9. The van der Waals surface area contributed by atoms with Gasteiger partial charge in [-0.15, -0.1) is 0 Å². The van der Waals surface area contributed by atoms with Crippen molar-refractivity contribution in [2.45, 2.75) is 20.0 Å². The summed E-state index contributed by atoms with van der Waals surface area (Å²) in [5.41, 5.74) is 8.03. The first-order valence-corrected chi connectivity index (χ1v) is 9.45. The van der Waals surface area contributed by atoms with Crippen LogP contribution in [0.25, 0.3) is 11.1 Å². The van der Waals surface area contributed by atoms with Gasteiger partial charge in [-0.25, -0.2) is 9.37 Å². The lowest BCUT2D eigenvalue weighted by atomic mass is 10.1.